The Morgan fingerprint density at radius 2 is 2.07 bits per heavy atom. The van der Waals surface area contributed by atoms with E-state index < -0.39 is 30.4 Å². The van der Waals surface area contributed by atoms with E-state index in [1.807, 2.05) is 4.90 Å². The van der Waals surface area contributed by atoms with Gasteiger partial charge in [0.2, 0.25) is 5.91 Å². The summed E-state index contributed by atoms with van der Waals surface area (Å²) in [7, 11) is 1.42. The number of fused-ring (bicyclic) bond motifs is 1. The van der Waals surface area contributed by atoms with E-state index in [9.17, 15) is 14.7 Å². The van der Waals surface area contributed by atoms with Crippen molar-refractivity contribution in [3.05, 3.63) is 51.9 Å². The summed E-state index contributed by atoms with van der Waals surface area (Å²) in [6, 6.07) is 4.00. The molecule has 2 aromatic heterocycles. The van der Waals surface area contributed by atoms with Crippen LogP contribution >= 0.6 is 11.6 Å². The lowest BCUT2D eigenvalue weighted by Crippen LogP contribution is -2.40. The highest BCUT2D eigenvalue weighted by Gasteiger charge is 2.48. The van der Waals surface area contributed by atoms with E-state index in [1.54, 1.807) is 18.2 Å². The molecule has 0 radical (unpaired) electrons. The molecular weight excluding hydrogens is 556 g/mol. The molecular formula is C25H29ClN10O5. The molecule has 2 aliphatic rings. The zero-order valence-corrected chi connectivity index (χ0v) is 22.9. The molecule has 3 N–H and O–H groups in total. The zero-order chi connectivity index (χ0) is 28.9. The van der Waals surface area contributed by atoms with Crippen LogP contribution in [-0.4, -0.2) is 86.3 Å². The van der Waals surface area contributed by atoms with Crippen LogP contribution in [-0.2, 0) is 20.9 Å². The maximum absolute atomic E-state index is 12.6. The number of piperidine rings is 1. The number of aliphatic hydroxyl groups is 1. The number of anilines is 1. The maximum Gasteiger partial charge on any atom is 0.260 e. The number of likely N-dealkylation sites (tertiary alicyclic amines) is 1. The lowest BCUT2D eigenvalue weighted by molar-refractivity contribution is -0.135. The highest BCUT2D eigenvalue weighted by atomic mass is 35.5. The van der Waals surface area contributed by atoms with Gasteiger partial charge in [-0.3, -0.25) is 14.2 Å². The Labute approximate surface area is 239 Å². The van der Waals surface area contributed by atoms with Gasteiger partial charge in [0.05, 0.1) is 6.33 Å². The minimum absolute atomic E-state index is 0.0562. The van der Waals surface area contributed by atoms with E-state index in [-0.39, 0.29) is 19.1 Å². The lowest BCUT2D eigenvalue weighted by Gasteiger charge is -2.26. The molecule has 0 unspecified atom stereocenters. The highest BCUT2D eigenvalue weighted by molar-refractivity contribution is 6.30. The number of nitrogens with zero attached hydrogens (tertiary/aromatic N) is 8. The van der Waals surface area contributed by atoms with Crippen LogP contribution in [0.15, 0.2) is 36.0 Å². The fraction of sp³-hybridized carbons (Fsp3) is 0.480. The standard InChI is InChI=1S/C25H29ClN10O5/c1-28-24(39)21-18(33-34-27)20(38)25(41-21)36-13-32-19-22(30-12-31-23(19)36)29-10-14-9-15(26)5-6-16(14)40-11-17(37)35-7-3-2-4-8-35/h5-6,9,12-13,18,20-21,25,38H,2-4,7-8,10-11H2,1H3,(H,28,39)(H,29,30,31)/t18-,20+,21-,25+/m0/s1. The van der Waals surface area contributed by atoms with Crippen molar-refractivity contribution in [3.8, 4) is 5.75 Å². The Morgan fingerprint density at radius 3 is 2.83 bits per heavy atom. The summed E-state index contributed by atoms with van der Waals surface area (Å²) in [4.78, 5) is 42.4. The number of halogens is 1. The third kappa shape index (κ3) is 5.98. The van der Waals surface area contributed by atoms with E-state index in [0.717, 1.165) is 32.4 Å². The number of rotatable bonds is 9. The molecule has 5 rings (SSSR count). The number of hydrogen-bond acceptors (Lipinski definition) is 10. The smallest absolute Gasteiger partial charge is 0.260 e. The molecule has 2 fully saturated rings. The van der Waals surface area contributed by atoms with Crippen LogP contribution in [0, 0.1) is 0 Å². The molecule has 216 valence electrons. The first kappa shape index (κ1) is 28.4. The summed E-state index contributed by atoms with van der Waals surface area (Å²) in [6.07, 6.45) is 2.22. The summed E-state index contributed by atoms with van der Waals surface area (Å²) >= 11 is 6.25. The zero-order valence-electron chi connectivity index (χ0n) is 22.2. The Kier molecular flexibility index (Phi) is 8.69. The quantitative estimate of drug-likeness (QED) is 0.192. The fourth-order valence-electron chi connectivity index (χ4n) is 4.98. The van der Waals surface area contributed by atoms with Crippen LogP contribution in [0.5, 0.6) is 5.75 Å². The summed E-state index contributed by atoms with van der Waals surface area (Å²) in [6.45, 7) is 1.66. The number of nitrogens with one attached hydrogen (secondary N) is 2. The average molecular weight is 585 g/mol. The number of amides is 2. The van der Waals surface area contributed by atoms with Crippen molar-refractivity contribution in [2.75, 3.05) is 32.1 Å². The number of likely N-dealkylation sites (N-methyl/N-ethyl adjacent to an activating group) is 1. The largest absolute Gasteiger partial charge is 0.483 e. The second kappa shape index (κ2) is 12.6. The molecule has 2 amide bonds. The van der Waals surface area contributed by atoms with Crippen LogP contribution in [0.1, 0.15) is 31.1 Å². The van der Waals surface area contributed by atoms with Crippen LogP contribution in [0.3, 0.4) is 0 Å². The summed E-state index contributed by atoms with van der Waals surface area (Å²) < 4.78 is 13.1. The van der Waals surface area contributed by atoms with Crippen LogP contribution in [0.4, 0.5) is 5.82 Å². The van der Waals surface area contributed by atoms with Crippen molar-refractivity contribution in [2.45, 2.75) is 50.3 Å². The molecule has 16 heteroatoms. The van der Waals surface area contributed by atoms with Crippen LogP contribution in [0.2, 0.25) is 5.02 Å². The van der Waals surface area contributed by atoms with Crippen LogP contribution in [0.25, 0.3) is 21.6 Å². The molecule has 0 spiro atoms. The number of aromatic nitrogens is 4. The highest BCUT2D eigenvalue weighted by Crippen LogP contribution is 2.34. The molecule has 0 bridgehead atoms. The van der Waals surface area contributed by atoms with E-state index in [4.69, 9.17) is 26.6 Å². The van der Waals surface area contributed by atoms with E-state index in [0.29, 0.717) is 33.3 Å². The van der Waals surface area contributed by atoms with Gasteiger partial charge in [-0.15, -0.1) is 0 Å². The second-order valence-electron chi connectivity index (χ2n) is 9.63. The first-order valence-electron chi connectivity index (χ1n) is 13.1. The molecule has 4 atom stereocenters. The van der Waals surface area contributed by atoms with Crippen molar-refractivity contribution in [1.82, 2.24) is 29.7 Å². The Bertz CT molecular complexity index is 1470. The Morgan fingerprint density at radius 1 is 1.27 bits per heavy atom. The summed E-state index contributed by atoms with van der Waals surface area (Å²) in [5, 5.41) is 20.6. The van der Waals surface area contributed by atoms with Crippen molar-refractivity contribution < 1.29 is 24.2 Å². The molecule has 15 nitrogen and oxygen atoms in total. The Balaban J connectivity index is 1.33. The number of aliphatic hydroxyl groups excluding tert-OH is 1. The van der Waals surface area contributed by atoms with Gasteiger partial charge in [-0.2, -0.15) is 0 Å². The summed E-state index contributed by atoms with van der Waals surface area (Å²) in [5.74, 6) is 0.294. The topological polar surface area (TPSA) is 192 Å². The third-order valence-electron chi connectivity index (χ3n) is 7.09. The van der Waals surface area contributed by atoms with Gasteiger partial charge in [0.25, 0.3) is 5.91 Å². The van der Waals surface area contributed by atoms with Gasteiger partial charge < -0.3 is 30.1 Å². The first-order chi connectivity index (χ1) is 19.9. The van der Waals surface area contributed by atoms with Gasteiger partial charge in [0, 0.05) is 42.2 Å². The number of azide groups is 1. The number of ether oxygens (including phenoxy) is 2. The van der Waals surface area contributed by atoms with Gasteiger partial charge >= 0.3 is 0 Å². The molecule has 0 saturated carbocycles. The van der Waals surface area contributed by atoms with Crippen molar-refractivity contribution in [1.29, 1.82) is 0 Å². The van der Waals surface area contributed by atoms with Gasteiger partial charge in [-0.25, -0.2) is 15.0 Å². The SMILES string of the molecule is CNC(=O)[C@H]1O[C@@H](n2cnc3c(NCc4cc(Cl)ccc4OCC(=O)N4CCCCC4)ncnc32)[C@H](O)[C@@H]1N=[N+]=[N-]. The minimum Gasteiger partial charge on any atom is -0.483 e. The van der Waals surface area contributed by atoms with Crippen molar-refractivity contribution in [2.24, 2.45) is 5.11 Å². The predicted molar refractivity (Wildman–Crippen MR) is 147 cm³/mol. The third-order valence-corrected chi connectivity index (χ3v) is 7.32. The lowest BCUT2D eigenvalue weighted by atomic mass is 10.1. The summed E-state index contributed by atoms with van der Waals surface area (Å²) in [5.41, 5.74) is 10.3. The maximum atomic E-state index is 12.6. The van der Waals surface area contributed by atoms with E-state index in [2.05, 4.69) is 35.6 Å². The molecule has 4 heterocycles. The van der Waals surface area contributed by atoms with Crippen LogP contribution < -0.4 is 15.4 Å². The normalized spacial score (nSPS) is 22.3. The molecule has 1 aromatic carbocycles. The number of imidazole rings is 1. The van der Waals surface area contributed by atoms with E-state index in [1.165, 1.54) is 24.3 Å². The van der Waals surface area contributed by atoms with Gasteiger partial charge in [-0.1, -0.05) is 16.7 Å². The molecule has 3 aromatic rings. The number of carbonyl (C=O) groups is 2. The first-order valence-corrected chi connectivity index (χ1v) is 13.5. The minimum atomic E-state index is -1.34. The van der Waals surface area contributed by atoms with Crippen molar-refractivity contribution >= 4 is 40.4 Å². The van der Waals surface area contributed by atoms with Gasteiger partial charge in [0.1, 0.15) is 30.3 Å². The fourth-order valence-corrected chi connectivity index (χ4v) is 5.18. The number of carbonyl (C=O) groups excluding carboxylic acids is 2. The average Bonchev–Trinajstić information content (AvgIpc) is 3.56. The molecule has 0 aliphatic carbocycles. The van der Waals surface area contributed by atoms with Gasteiger partial charge in [-0.05, 0) is 43.0 Å². The monoisotopic (exact) mass is 584 g/mol. The number of hydrogen-bond donors (Lipinski definition) is 3. The van der Waals surface area contributed by atoms with E-state index >= 15 is 0 Å². The molecule has 2 saturated heterocycles. The molecule has 41 heavy (non-hydrogen) atoms. The second-order valence-corrected chi connectivity index (χ2v) is 10.1. The van der Waals surface area contributed by atoms with Gasteiger partial charge in [0.15, 0.2) is 29.8 Å². The number of benzene rings is 1. The molecule has 2 aliphatic heterocycles. The predicted octanol–water partition coefficient (Wildman–Crippen LogP) is 2.17. The Hall–Kier alpha value is -4.17. The van der Waals surface area contributed by atoms with Crippen molar-refractivity contribution in [3.63, 3.8) is 0 Å².